The monoisotopic (exact) mass is 140 g/mol. The molecule has 0 amide bonds. The van der Waals surface area contributed by atoms with Gasteiger partial charge in [-0.15, -0.1) is 0 Å². The maximum absolute atomic E-state index is 11.0. The van der Waals surface area contributed by atoms with Gasteiger partial charge in [0.1, 0.15) is 12.2 Å². The van der Waals surface area contributed by atoms with Gasteiger partial charge in [0.2, 0.25) is 0 Å². The van der Waals surface area contributed by atoms with Crippen molar-refractivity contribution in [1.82, 2.24) is 0 Å². The van der Waals surface area contributed by atoms with Crippen LogP contribution in [0, 0.1) is 5.92 Å². The second-order valence-corrected chi connectivity index (χ2v) is 3.28. The van der Waals surface area contributed by atoms with E-state index >= 15 is 0 Å². The molecule has 0 spiro atoms. The van der Waals surface area contributed by atoms with Crippen molar-refractivity contribution in [3.8, 4) is 0 Å². The van der Waals surface area contributed by atoms with Crippen LogP contribution in [0.4, 0.5) is 0 Å². The zero-order valence-electron chi connectivity index (χ0n) is 5.45. The van der Waals surface area contributed by atoms with Crippen molar-refractivity contribution in [3.63, 3.8) is 0 Å². The van der Waals surface area contributed by atoms with E-state index in [4.69, 9.17) is 9.47 Å². The van der Waals surface area contributed by atoms with Crippen molar-refractivity contribution >= 4 is 5.97 Å². The van der Waals surface area contributed by atoms with Gasteiger partial charge in [-0.1, -0.05) is 0 Å². The van der Waals surface area contributed by atoms with Crippen LogP contribution in [0.15, 0.2) is 0 Å². The molecule has 3 saturated heterocycles. The van der Waals surface area contributed by atoms with Crippen LogP contribution in [-0.2, 0) is 14.3 Å². The van der Waals surface area contributed by atoms with E-state index in [2.05, 4.69) is 0 Å². The molecule has 3 fully saturated rings. The van der Waals surface area contributed by atoms with E-state index in [0.717, 1.165) is 12.8 Å². The zero-order chi connectivity index (χ0) is 6.72. The molecule has 0 radical (unpaired) electrons. The summed E-state index contributed by atoms with van der Waals surface area (Å²) in [5.74, 6) is 0.0544. The normalized spacial score (nSPS) is 55.8. The van der Waals surface area contributed by atoms with Crippen molar-refractivity contribution in [2.24, 2.45) is 5.92 Å². The molecule has 4 atom stereocenters. The third-order valence-corrected chi connectivity index (χ3v) is 2.69. The Kier molecular flexibility index (Phi) is 0.703. The molecule has 0 aromatic rings. The third-order valence-electron chi connectivity index (χ3n) is 2.69. The Morgan fingerprint density at radius 3 is 2.90 bits per heavy atom. The fourth-order valence-corrected chi connectivity index (χ4v) is 2.26. The molecule has 0 saturated carbocycles. The molecule has 0 unspecified atom stereocenters. The Hall–Kier alpha value is -0.570. The van der Waals surface area contributed by atoms with E-state index < -0.39 is 0 Å². The lowest BCUT2D eigenvalue weighted by atomic mass is 9.90. The van der Waals surface area contributed by atoms with Gasteiger partial charge in [0, 0.05) is 6.42 Å². The van der Waals surface area contributed by atoms with Crippen LogP contribution < -0.4 is 0 Å². The summed E-state index contributed by atoms with van der Waals surface area (Å²) in [6.45, 7) is 0. The first kappa shape index (κ1) is 5.13. The predicted molar refractivity (Wildman–Crippen MR) is 31.3 cm³/mol. The van der Waals surface area contributed by atoms with E-state index in [1.807, 2.05) is 0 Å². The van der Waals surface area contributed by atoms with E-state index in [-0.39, 0.29) is 24.1 Å². The van der Waals surface area contributed by atoms with Crippen molar-refractivity contribution < 1.29 is 14.3 Å². The molecule has 0 aliphatic carbocycles. The fourth-order valence-electron chi connectivity index (χ4n) is 2.26. The Morgan fingerprint density at radius 1 is 1.40 bits per heavy atom. The lowest BCUT2D eigenvalue weighted by molar-refractivity contribution is -0.143. The number of rotatable bonds is 0. The molecule has 3 heterocycles. The largest absolute Gasteiger partial charge is 0.459 e. The zero-order valence-corrected chi connectivity index (χ0v) is 5.45. The van der Waals surface area contributed by atoms with E-state index in [1.54, 1.807) is 0 Å². The molecular formula is C7H8O3. The van der Waals surface area contributed by atoms with E-state index in [9.17, 15) is 4.79 Å². The Balaban J connectivity index is 2.05. The molecule has 3 heteroatoms. The molecule has 2 bridgehead atoms. The molecule has 54 valence electrons. The summed E-state index contributed by atoms with van der Waals surface area (Å²) in [6.07, 6.45) is 2.40. The molecule has 0 aromatic heterocycles. The highest BCUT2D eigenvalue weighted by atomic mass is 16.6. The second-order valence-electron chi connectivity index (χ2n) is 3.28. The minimum absolute atomic E-state index is 0.0324. The highest BCUT2D eigenvalue weighted by Gasteiger charge is 2.57. The number of carbonyl (C=O) groups is 1. The predicted octanol–water partition coefficient (Wildman–Crippen LogP) is 0.0892. The summed E-state index contributed by atoms with van der Waals surface area (Å²) in [5.41, 5.74) is 0. The Bertz CT molecular complexity index is 199. The molecule has 10 heavy (non-hydrogen) atoms. The molecule has 0 N–H and O–H groups in total. The smallest absolute Gasteiger partial charge is 0.312 e. The quantitative estimate of drug-likeness (QED) is 0.447. The summed E-state index contributed by atoms with van der Waals surface area (Å²) in [7, 11) is 0. The lowest BCUT2D eigenvalue weighted by Gasteiger charge is -2.07. The van der Waals surface area contributed by atoms with Crippen molar-refractivity contribution in [1.29, 1.82) is 0 Å². The van der Waals surface area contributed by atoms with Gasteiger partial charge in [-0.05, 0) is 6.42 Å². The molecule has 0 aromatic carbocycles. The van der Waals surface area contributed by atoms with E-state index in [0.29, 0.717) is 6.10 Å². The van der Waals surface area contributed by atoms with Gasteiger partial charge in [-0.25, -0.2) is 0 Å². The average Bonchev–Trinajstić information content (AvgIpc) is 2.44. The van der Waals surface area contributed by atoms with Crippen molar-refractivity contribution in [2.45, 2.75) is 31.2 Å². The van der Waals surface area contributed by atoms with Crippen LogP contribution in [0.3, 0.4) is 0 Å². The topological polar surface area (TPSA) is 35.5 Å². The van der Waals surface area contributed by atoms with Gasteiger partial charge in [0.05, 0.1) is 12.0 Å². The van der Waals surface area contributed by atoms with Gasteiger partial charge < -0.3 is 9.47 Å². The summed E-state index contributed by atoms with van der Waals surface area (Å²) in [4.78, 5) is 11.0. The van der Waals surface area contributed by atoms with Gasteiger partial charge in [-0.2, -0.15) is 0 Å². The van der Waals surface area contributed by atoms with Gasteiger partial charge >= 0.3 is 5.97 Å². The number of carbonyl (C=O) groups excluding carboxylic acids is 1. The maximum atomic E-state index is 11.0. The Labute approximate surface area is 58.3 Å². The van der Waals surface area contributed by atoms with Gasteiger partial charge in [0.15, 0.2) is 0 Å². The maximum Gasteiger partial charge on any atom is 0.312 e. The molecular weight excluding hydrogens is 132 g/mol. The fraction of sp³-hybridized carbons (Fsp3) is 0.857. The standard InChI is InChI=1S/C7H8O3/c8-7-4-1-3-2-5(10-7)6(4)9-3/h3-6H,1-2H2/t3-,4-,5+,6-/m1/s1. The minimum Gasteiger partial charge on any atom is -0.459 e. The SMILES string of the molecule is O=C1O[C@H]2C[C@H]3C[C@@H]1[C@H]2O3. The van der Waals surface area contributed by atoms with Crippen LogP contribution >= 0.6 is 0 Å². The Morgan fingerprint density at radius 2 is 2.30 bits per heavy atom. The van der Waals surface area contributed by atoms with Crippen LogP contribution in [0.5, 0.6) is 0 Å². The van der Waals surface area contributed by atoms with Crippen LogP contribution in [-0.4, -0.2) is 24.3 Å². The van der Waals surface area contributed by atoms with E-state index in [1.165, 1.54) is 0 Å². The number of esters is 1. The van der Waals surface area contributed by atoms with Crippen molar-refractivity contribution in [3.05, 3.63) is 0 Å². The summed E-state index contributed by atoms with van der Waals surface area (Å²) in [5, 5.41) is 0. The summed E-state index contributed by atoms with van der Waals surface area (Å²) in [6, 6.07) is 0. The second kappa shape index (κ2) is 1.37. The summed E-state index contributed by atoms with van der Waals surface area (Å²) < 4.78 is 10.6. The number of hydrogen-bond donors (Lipinski definition) is 0. The van der Waals surface area contributed by atoms with Gasteiger partial charge in [-0.3, -0.25) is 4.79 Å². The molecule has 3 aliphatic heterocycles. The van der Waals surface area contributed by atoms with Crippen LogP contribution in [0.2, 0.25) is 0 Å². The third kappa shape index (κ3) is 0.408. The highest BCUT2D eigenvalue weighted by molar-refractivity contribution is 5.76. The van der Waals surface area contributed by atoms with Gasteiger partial charge in [0.25, 0.3) is 0 Å². The first-order chi connectivity index (χ1) is 4.84. The number of fused-ring (bicyclic) bond motifs is 1. The molecule has 3 rings (SSSR count). The lowest BCUT2D eigenvalue weighted by Crippen LogP contribution is -2.22. The number of hydrogen-bond acceptors (Lipinski definition) is 3. The molecule has 3 nitrogen and oxygen atoms in total. The minimum atomic E-state index is -0.0324. The highest BCUT2D eigenvalue weighted by Crippen LogP contribution is 2.45. The number of ether oxygens (including phenoxy) is 2. The summed E-state index contributed by atoms with van der Waals surface area (Å²) >= 11 is 0. The van der Waals surface area contributed by atoms with Crippen LogP contribution in [0.25, 0.3) is 0 Å². The first-order valence-corrected chi connectivity index (χ1v) is 3.70. The molecule has 3 aliphatic rings. The average molecular weight is 140 g/mol. The first-order valence-electron chi connectivity index (χ1n) is 3.70. The van der Waals surface area contributed by atoms with Crippen LogP contribution in [0.1, 0.15) is 12.8 Å². The van der Waals surface area contributed by atoms with Crippen molar-refractivity contribution in [2.75, 3.05) is 0 Å².